The van der Waals surface area contributed by atoms with Crippen LogP contribution in [0.15, 0.2) is 29.2 Å². The molecule has 0 aromatic heterocycles. The average molecular weight is 312 g/mol. The molecular weight excluding hydrogens is 288 g/mol. The number of benzene rings is 1. The third-order valence-corrected chi connectivity index (χ3v) is 5.39. The maximum absolute atomic E-state index is 11.8. The molecule has 1 aliphatic rings. The predicted octanol–water partition coefficient (Wildman–Crippen LogP) is 1.66. The van der Waals surface area contributed by atoms with Crippen molar-refractivity contribution in [2.24, 2.45) is 0 Å². The highest BCUT2D eigenvalue weighted by molar-refractivity contribution is 7.91. The highest BCUT2D eigenvalue weighted by Crippen LogP contribution is 2.17. The number of sulfone groups is 1. The molecule has 118 valence electrons. The lowest BCUT2D eigenvalue weighted by Crippen LogP contribution is -2.43. The van der Waals surface area contributed by atoms with Gasteiger partial charge in [-0.3, -0.25) is 0 Å². The molecule has 21 heavy (non-hydrogen) atoms. The number of hydrogen-bond acceptors (Lipinski definition) is 5. The fourth-order valence-corrected chi connectivity index (χ4v) is 3.35. The number of anilines is 1. The van der Waals surface area contributed by atoms with Crippen molar-refractivity contribution in [2.45, 2.75) is 37.2 Å². The lowest BCUT2D eigenvalue weighted by Gasteiger charge is -2.27. The summed E-state index contributed by atoms with van der Waals surface area (Å²) >= 11 is 0. The molecule has 2 atom stereocenters. The Kier molecular flexibility index (Phi) is 5.61. The van der Waals surface area contributed by atoms with Gasteiger partial charge in [-0.25, -0.2) is 8.42 Å². The minimum Gasteiger partial charge on any atom is -0.383 e. The highest BCUT2D eigenvalue weighted by Gasteiger charge is 2.16. The number of nitrogens with one attached hydrogen (secondary N) is 2. The van der Waals surface area contributed by atoms with E-state index in [0.29, 0.717) is 10.9 Å². The maximum atomic E-state index is 11.8. The minimum atomic E-state index is -3.12. The van der Waals surface area contributed by atoms with E-state index in [-0.39, 0.29) is 11.8 Å². The lowest BCUT2D eigenvalue weighted by atomic mass is 10.1. The Labute approximate surface area is 127 Å². The summed E-state index contributed by atoms with van der Waals surface area (Å²) < 4.78 is 29.0. The van der Waals surface area contributed by atoms with E-state index in [1.54, 1.807) is 19.1 Å². The van der Waals surface area contributed by atoms with E-state index in [1.807, 2.05) is 12.1 Å². The Morgan fingerprint density at radius 3 is 2.67 bits per heavy atom. The first kappa shape index (κ1) is 16.3. The molecule has 0 spiro atoms. The van der Waals surface area contributed by atoms with Crippen LogP contribution in [-0.2, 0) is 14.6 Å². The zero-order chi connectivity index (χ0) is 15.3. The number of morpholine rings is 1. The molecule has 0 aliphatic carbocycles. The largest absolute Gasteiger partial charge is 0.383 e. The van der Waals surface area contributed by atoms with Gasteiger partial charge in [-0.05, 0) is 37.6 Å². The molecular formula is C15H24N2O3S. The Morgan fingerprint density at radius 2 is 2.10 bits per heavy atom. The molecule has 2 unspecified atom stereocenters. The van der Waals surface area contributed by atoms with Gasteiger partial charge in [0, 0.05) is 24.3 Å². The van der Waals surface area contributed by atoms with E-state index in [0.717, 1.165) is 31.9 Å². The van der Waals surface area contributed by atoms with Gasteiger partial charge in [0.25, 0.3) is 0 Å². The normalized spacial score (nSPS) is 21.0. The summed E-state index contributed by atoms with van der Waals surface area (Å²) in [5.41, 5.74) is 0.939. The Morgan fingerprint density at radius 1 is 1.38 bits per heavy atom. The van der Waals surface area contributed by atoms with Crippen molar-refractivity contribution in [1.82, 2.24) is 5.32 Å². The third kappa shape index (κ3) is 4.69. The van der Waals surface area contributed by atoms with Gasteiger partial charge < -0.3 is 15.4 Å². The van der Waals surface area contributed by atoms with Gasteiger partial charge in [0.1, 0.15) is 0 Å². The molecule has 1 aliphatic heterocycles. The molecule has 0 saturated carbocycles. The highest BCUT2D eigenvalue weighted by atomic mass is 32.2. The lowest BCUT2D eigenvalue weighted by molar-refractivity contribution is 0.0731. The van der Waals surface area contributed by atoms with Crippen molar-refractivity contribution in [3.63, 3.8) is 0 Å². The monoisotopic (exact) mass is 312 g/mol. The summed E-state index contributed by atoms with van der Waals surface area (Å²) in [5, 5.41) is 6.82. The van der Waals surface area contributed by atoms with Gasteiger partial charge in [-0.1, -0.05) is 6.92 Å². The van der Waals surface area contributed by atoms with E-state index in [1.165, 1.54) is 0 Å². The van der Waals surface area contributed by atoms with Crippen LogP contribution in [0.1, 0.15) is 20.3 Å². The summed E-state index contributed by atoms with van der Waals surface area (Å²) in [5.74, 6) is 0.128. The van der Waals surface area contributed by atoms with Gasteiger partial charge in [-0.15, -0.1) is 0 Å². The summed E-state index contributed by atoms with van der Waals surface area (Å²) in [7, 11) is -3.12. The van der Waals surface area contributed by atoms with Gasteiger partial charge in [0.2, 0.25) is 0 Å². The van der Waals surface area contributed by atoms with Crippen molar-refractivity contribution in [3.05, 3.63) is 24.3 Å². The zero-order valence-electron chi connectivity index (χ0n) is 12.6. The quantitative estimate of drug-likeness (QED) is 0.836. The molecule has 0 radical (unpaired) electrons. The molecule has 1 aromatic rings. The molecule has 6 heteroatoms. The first-order valence-corrected chi connectivity index (χ1v) is 9.07. The van der Waals surface area contributed by atoms with E-state index in [4.69, 9.17) is 4.74 Å². The van der Waals surface area contributed by atoms with E-state index in [9.17, 15) is 8.42 Å². The fraction of sp³-hybridized carbons (Fsp3) is 0.600. The van der Waals surface area contributed by atoms with E-state index in [2.05, 4.69) is 17.6 Å². The molecule has 1 aromatic carbocycles. The smallest absolute Gasteiger partial charge is 0.178 e. The molecule has 1 fully saturated rings. The third-order valence-electron chi connectivity index (χ3n) is 3.64. The fourth-order valence-electron chi connectivity index (χ4n) is 2.47. The van der Waals surface area contributed by atoms with Gasteiger partial charge in [0.15, 0.2) is 9.84 Å². The van der Waals surface area contributed by atoms with Crippen molar-refractivity contribution in [3.8, 4) is 0 Å². The van der Waals surface area contributed by atoms with Crippen LogP contribution in [0.2, 0.25) is 0 Å². The molecule has 0 amide bonds. The van der Waals surface area contributed by atoms with Crippen LogP contribution in [-0.4, -0.2) is 46.0 Å². The second kappa shape index (κ2) is 7.24. The molecule has 0 bridgehead atoms. The average Bonchev–Trinajstić information content (AvgIpc) is 2.48. The zero-order valence-corrected chi connectivity index (χ0v) is 13.4. The van der Waals surface area contributed by atoms with E-state index >= 15 is 0 Å². The SMILES string of the molecule is CCS(=O)(=O)c1ccc(NC(C)CC2COCCN2)cc1. The molecule has 1 heterocycles. The van der Waals surface area contributed by atoms with Crippen molar-refractivity contribution >= 4 is 15.5 Å². The van der Waals surface area contributed by atoms with Crippen molar-refractivity contribution in [2.75, 3.05) is 30.8 Å². The summed E-state index contributed by atoms with van der Waals surface area (Å²) in [6.07, 6.45) is 0.967. The minimum absolute atomic E-state index is 0.128. The van der Waals surface area contributed by atoms with Crippen LogP contribution in [0.3, 0.4) is 0 Å². The Bertz CT molecular complexity index is 537. The molecule has 2 N–H and O–H groups in total. The topological polar surface area (TPSA) is 67.4 Å². The second-order valence-corrected chi connectivity index (χ2v) is 7.71. The molecule has 2 rings (SSSR count). The first-order chi connectivity index (χ1) is 10.0. The number of ether oxygens (including phenoxy) is 1. The summed E-state index contributed by atoms with van der Waals surface area (Å²) in [6, 6.07) is 7.64. The second-order valence-electron chi connectivity index (χ2n) is 5.43. The molecule has 5 nitrogen and oxygen atoms in total. The first-order valence-electron chi connectivity index (χ1n) is 7.41. The van der Waals surface area contributed by atoms with Gasteiger partial charge >= 0.3 is 0 Å². The van der Waals surface area contributed by atoms with E-state index < -0.39 is 9.84 Å². The van der Waals surface area contributed by atoms with Crippen molar-refractivity contribution in [1.29, 1.82) is 0 Å². The van der Waals surface area contributed by atoms with Crippen molar-refractivity contribution < 1.29 is 13.2 Å². The maximum Gasteiger partial charge on any atom is 0.178 e. The molecule has 1 saturated heterocycles. The van der Waals surface area contributed by atoms with Crippen LogP contribution in [0, 0.1) is 0 Å². The van der Waals surface area contributed by atoms with Gasteiger partial charge in [0.05, 0.1) is 23.9 Å². The Balaban J connectivity index is 1.90. The predicted molar refractivity (Wildman–Crippen MR) is 84.5 cm³/mol. The van der Waals surface area contributed by atoms with Crippen LogP contribution < -0.4 is 10.6 Å². The summed E-state index contributed by atoms with van der Waals surface area (Å²) in [6.45, 7) is 6.21. The van der Waals surface area contributed by atoms with Crippen LogP contribution >= 0.6 is 0 Å². The summed E-state index contributed by atoms with van der Waals surface area (Å²) in [4.78, 5) is 0.380. The number of hydrogen-bond donors (Lipinski definition) is 2. The standard InChI is InChI=1S/C15H24N2O3S/c1-3-21(18,19)15-6-4-13(5-7-15)17-12(2)10-14-11-20-9-8-16-14/h4-7,12,14,16-17H,3,8-11H2,1-2H3. The van der Waals surface area contributed by atoms with Gasteiger partial charge in [-0.2, -0.15) is 0 Å². The number of rotatable bonds is 6. The van der Waals surface area contributed by atoms with Crippen LogP contribution in [0.25, 0.3) is 0 Å². The van der Waals surface area contributed by atoms with Crippen LogP contribution in [0.4, 0.5) is 5.69 Å². The van der Waals surface area contributed by atoms with Crippen LogP contribution in [0.5, 0.6) is 0 Å². The Hall–Kier alpha value is -1.11.